The van der Waals surface area contributed by atoms with E-state index in [-0.39, 0.29) is 28.6 Å². The number of fused-ring (bicyclic) bond motifs is 1. The molecule has 12 nitrogen and oxygen atoms in total. The third-order valence-corrected chi connectivity index (χ3v) is 9.87. The van der Waals surface area contributed by atoms with E-state index in [1.54, 1.807) is 0 Å². The van der Waals surface area contributed by atoms with Gasteiger partial charge in [0.2, 0.25) is 27.6 Å². The summed E-state index contributed by atoms with van der Waals surface area (Å²) in [7, 11) is -3.50. The molecule has 2 aromatic carbocycles. The van der Waals surface area contributed by atoms with Crippen LogP contribution >= 0.6 is 11.3 Å². The molecule has 1 saturated heterocycles. The zero-order valence-electron chi connectivity index (χ0n) is 24.9. The van der Waals surface area contributed by atoms with E-state index in [1.165, 1.54) is 17.0 Å². The maximum atomic E-state index is 13.7. The minimum Gasteiger partial charge on any atom is -0.480 e. The fourth-order valence-corrected chi connectivity index (χ4v) is 7.27. The molecule has 5 rings (SSSR count). The number of halogens is 9. The zero-order chi connectivity index (χ0) is 36.6. The summed E-state index contributed by atoms with van der Waals surface area (Å²) in [6.07, 6.45) is -14.9. The van der Waals surface area contributed by atoms with Crippen LogP contribution in [0.4, 0.5) is 44.6 Å². The Bertz CT molecular complexity index is 1950. The molecule has 2 aromatic heterocycles. The number of carbonyl (C=O) groups is 1. The van der Waals surface area contributed by atoms with Gasteiger partial charge in [-0.2, -0.15) is 27.4 Å². The van der Waals surface area contributed by atoms with Gasteiger partial charge in [-0.3, -0.25) is 4.79 Å². The van der Waals surface area contributed by atoms with Crippen LogP contribution in [-0.4, -0.2) is 79.1 Å². The van der Waals surface area contributed by atoms with E-state index in [2.05, 4.69) is 29.7 Å². The minimum atomic E-state index is -5.05. The lowest BCUT2D eigenvalue weighted by Gasteiger charge is -2.39. The number of nitrogens with one attached hydrogen (secondary N) is 1. The van der Waals surface area contributed by atoms with Crippen LogP contribution in [0, 0.1) is 0 Å². The Hall–Kier alpha value is -4.64. The van der Waals surface area contributed by atoms with Crippen LogP contribution in [0.1, 0.15) is 11.4 Å². The standard InChI is InChI=1S/C27H21F9N6O6S2/c1-46-22-19-20(38-23(40-22)25(28,29)30)39-24(49-19)41-10-11-42(50(44,45)17-8-6-16(7-9-17)48-27(34,35)36)18(13-41)21(43)37-12-14-2-4-15(5-3-14)47-26(31,32)33/h2-9,18H,10-13H2,1H3,(H,37,43)/t18-/m1/s1. The van der Waals surface area contributed by atoms with Gasteiger partial charge in [0.25, 0.3) is 0 Å². The highest BCUT2D eigenvalue weighted by Crippen LogP contribution is 2.38. The minimum absolute atomic E-state index is 0.0330. The maximum absolute atomic E-state index is 13.7. The van der Waals surface area contributed by atoms with Crippen molar-refractivity contribution < 1.29 is 66.9 Å². The predicted molar refractivity (Wildman–Crippen MR) is 155 cm³/mol. The summed E-state index contributed by atoms with van der Waals surface area (Å²) in [6, 6.07) is 6.10. The largest absolute Gasteiger partial charge is 0.573 e. The van der Waals surface area contributed by atoms with Crippen LogP contribution in [0.15, 0.2) is 53.4 Å². The average Bonchev–Trinajstić information content (AvgIpc) is 3.46. The number of nitrogens with zero attached hydrogens (tertiary/aromatic N) is 5. The Balaban J connectivity index is 1.43. The van der Waals surface area contributed by atoms with Gasteiger partial charge >= 0.3 is 18.9 Å². The van der Waals surface area contributed by atoms with Gasteiger partial charge in [-0.1, -0.05) is 23.5 Å². The lowest BCUT2D eigenvalue weighted by molar-refractivity contribution is -0.275. The number of sulfonamides is 1. The number of alkyl halides is 9. The highest BCUT2D eigenvalue weighted by molar-refractivity contribution is 7.89. The molecule has 4 aromatic rings. The fourth-order valence-electron chi connectivity index (χ4n) is 4.69. The van der Waals surface area contributed by atoms with Crippen molar-refractivity contribution in [3.63, 3.8) is 0 Å². The van der Waals surface area contributed by atoms with Crippen molar-refractivity contribution in [1.82, 2.24) is 24.6 Å². The number of carbonyl (C=O) groups excluding carboxylic acids is 1. The summed E-state index contributed by atoms with van der Waals surface area (Å²) in [5.74, 6) is -4.07. The summed E-state index contributed by atoms with van der Waals surface area (Å²) in [6.45, 7) is -1.26. The average molecular weight is 761 g/mol. The second kappa shape index (κ2) is 13.6. The van der Waals surface area contributed by atoms with E-state index in [0.29, 0.717) is 5.56 Å². The van der Waals surface area contributed by atoms with Crippen molar-refractivity contribution >= 4 is 42.7 Å². The van der Waals surface area contributed by atoms with Crippen molar-refractivity contribution in [2.75, 3.05) is 31.6 Å². The van der Waals surface area contributed by atoms with Crippen molar-refractivity contribution in [1.29, 1.82) is 0 Å². The van der Waals surface area contributed by atoms with E-state index in [9.17, 15) is 52.7 Å². The molecule has 0 bridgehead atoms. The first-order valence-corrected chi connectivity index (χ1v) is 16.0. The number of aromatic nitrogens is 3. The summed E-state index contributed by atoms with van der Waals surface area (Å²) < 4.78 is 156. The molecular weight excluding hydrogens is 739 g/mol. The van der Waals surface area contributed by atoms with Crippen molar-refractivity contribution in [3.8, 4) is 17.4 Å². The number of amides is 1. The Morgan fingerprint density at radius 3 is 2.00 bits per heavy atom. The van der Waals surface area contributed by atoms with Crippen LogP contribution in [0.3, 0.4) is 0 Å². The normalized spacial score (nSPS) is 16.4. The Kier molecular flexibility index (Phi) is 9.95. The van der Waals surface area contributed by atoms with Gasteiger partial charge in [0.1, 0.15) is 22.2 Å². The smallest absolute Gasteiger partial charge is 0.480 e. The molecule has 50 heavy (non-hydrogen) atoms. The molecule has 1 atom stereocenters. The number of thiazole rings is 1. The first-order chi connectivity index (χ1) is 23.2. The highest BCUT2D eigenvalue weighted by Gasteiger charge is 2.42. The third kappa shape index (κ3) is 8.56. The van der Waals surface area contributed by atoms with Crippen LogP contribution in [0.5, 0.6) is 17.4 Å². The van der Waals surface area contributed by atoms with Crippen molar-refractivity contribution in [3.05, 3.63) is 59.9 Å². The number of anilines is 1. The fraction of sp³-hybridized carbons (Fsp3) is 0.333. The van der Waals surface area contributed by atoms with E-state index in [0.717, 1.165) is 59.2 Å². The number of methoxy groups -OCH3 is 1. The lowest BCUT2D eigenvalue weighted by atomic mass is 10.1. The van der Waals surface area contributed by atoms with Gasteiger partial charge in [-0.05, 0) is 42.0 Å². The number of benzene rings is 2. The molecule has 0 spiro atoms. The van der Waals surface area contributed by atoms with Gasteiger partial charge in [0.15, 0.2) is 10.8 Å². The van der Waals surface area contributed by atoms with Crippen molar-refractivity contribution in [2.45, 2.75) is 36.4 Å². The topological polar surface area (TPSA) is 136 Å². The summed E-state index contributed by atoms with van der Waals surface area (Å²) >= 11 is 0.815. The molecule has 270 valence electrons. The Morgan fingerprint density at radius 1 is 0.880 bits per heavy atom. The number of hydrogen-bond acceptors (Lipinski definition) is 11. The van der Waals surface area contributed by atoms with Crippen LogP contribution in [0.2, 0.25) is 0 Å². The van der Waals surface area contributed by atoms with Crippen LogP contribution in [0.25, 0.3) is 10.3 Å². The van der Waals surface area contributed by atoms with E-state index >= 15 is 0 Å². The van der Waals surface area contributed by atoms with Crippen LogP contribution < -0.4 is 24.4 Å². The van der Waals surface area contributed by atoms with Crippen LogP contribution in [-0.2, 0) is 27.5 Å². The van der Waals surface area contributed by atoms with Gasteiger partial charge < -0.3 is 24.4 Å². The molecule has 1 amide bonds. The summed E-state index contributed by atoms with van der Waals surface area (Å²) in [5.41, 5.74) is -0.0770. The van der Waals surface area contributed by atoms with Gasteiger partial charge in [0.05, 0.1) is 12.0 Å². The highest BCUT2D eigenvalue weighted by atomic mass is 32.2. The third-order valence-electron chi connectivity index (χ3n) is 6.85. The maximum Gasteiger partial charge on any atom is 0.573 e. The first-order valence-electron chi connectivity index (χ1n) is 13.8. The molecule has 3 heterocycles. The Labute approximate surface area is 279 Å². The van der Waals surface area contributed by atoms with E-state index in [4.69, 9.17) is 4.74 Å². The van der Waals surface area contributed by atoms with Gasteiger partial charge in [-0.25, -0.2) is 13.4 Å². The SMILES string of the molecule is COc1nc(C(F)(F)F)nc2nc(N3CCN(S(=O)(=O)c4ccc(OC(F)(F)F)cc4)[C@@H](C(=O)NCc4ccc(OC(F)(F)F)cc4)C3)sc12. The Morgan fingerprint density at radius 2 is 1.46 bits per heavy atom. The monoisotopic (exact) mass is 760 g/mol. The molecule has 1 fully saturated rings. The molecule has 1 aliphatic rings. The van der Waals surface area contributed by atoms with Gasteiger partial charge in [0, 0.05) is 26.2 Å². The molecular formula is C27H21F9N6O6S2. The predicted octanol–water partition coefficient (Wildman–Crippen LogP) is 5.11. The molecule has 1 aliphatic heterocycles. The lowest BCUT2D eigenvalue weighted by Crippen LogP contribution is -2.60. The van der Waals surface area contributed by atoms with E-state index in [1.807, 2.05) is 0 Å². The molecule has 0 saturated carbocycles. The number of piperazine rings is 1. The number of ether oxygens (including phenoxy) is 3. The molecule has 0 radical (unpaired) electrons. The summed E-state index contributed by atoms with van der Waals surface area (Å²) in [4.78, 5) is 25.5. The first kappa shape index (κ1) is 36.6. The number of rotatable bonds is 9. The summed E-state index contributed by atoms with van der Waals surface area (Å²) in [5, 5.41) is 2.54. The molecule has 0 aliphatic carbocycles. The molecule has 1 N–H and O–H groups in total. The second-order valence-corrected chi connectivity index (χ2v) is 13.1. The number of hydrogen-bond donors (Lipinski definition) is 1. The molecule has 23 heteroatoms. The van der Waals surface area contributed by atoms with Gasteiger partial charge in [-0.15, -0.1) is 26.3 Å². The van der Waals surface area contributed by atoms with Crippen molar-refractivity contribution in [2.24, 2.45) is 0 Å². The quantitative estimate of drug-likeness (QED) is 0.230. The second-order valence-electron chi connectivity index (χ2n) is 10.2. The zero-order valence-corrected chi connectivity index (χ0v) is 26.6. The molecule has 0 unspecified atom stereocenters. The van der Waals surface area contributed by atoms with E-state index < -0.39 is 82.1 Å².